The number of para-hydroxylation sites is 1. The molecule has 1 aromatic carbocycles. The van der Waals surface area contributed by atoms with Gasteiger partial charge in [0.2, 0.25) is 11.9 Å². The Morgan fingerprint density at radius 3 is 2.57 bits per heavy atom. The molecule has 8 heteroatoms. The number of anilines is 2. The number of hydrogen-bond donors (Lipinski definition) is 2. The van der Waals surface area contributed by atoms with E-state index in [0.29, 0.717) is 23.4 Å². The smallest absolute Gasteiger partial charge is 0.410 e. The van der Waals surface area contributed by atoms with E-state index in [0.717, 1.165) is 0 Å². The average Bonchev–Trinajstić information content (AvgIpc) is 2.48. The lowest BCUT2D eigenvalue weighted by molar-refractivity contribution is 0.215. The van der Waals surface area contributed by atoms with Crippen LogP contribution in [0.15, 0.2) is 35.5 Å². The number of ether oxygens (including phenoxy) is 1. The predicted molar refractivity (Wildman–Crippen MR) is 81.9 cm³/mol. The van der Waals surface area contributed by atoms with Crippen LogP contribution in [0.5, 0.6) is 5.75 Å². The van der Waals surface area contributed by atoms with E-state index in [9.17, 15) is 4.79 Å². The first-order valence-corrected chi connectivity index (χ1v) is 7.51. The Kier molecular flexibility index (Phi) is 5.33. The molecular weight excluding hydrogens is 290 g/mol. The molecule has 1 amide bonds. The molecule has 1 heterocycles. The number of nitrogens with zero attached hydrogens (tertiary/aromatic N) is 3. The lowest BCUT2D eigenvalue weighted by Gasteiger charge is -2.08. The van der Waals surface area contributed by atoms with Gasteiger partial charge in [0.1, 0.15) is 5.75 Å². The molecule has 0 fully saturated rings. The van der Waals surface area contributed by atoms with Gasteiger partial charge in [0.25, 0.3) is 0 Å². The Bertz CT molecular complexity index is 609. The van der Waals surface area contributed by atoms with Crippen molar-refractivity contribution in [1.29, 1.82) is 0 Å². The number of rotatable bonds is 5. The molecule has 0 aliphatic carbocycles. The second-order valence-corrected chi connectivity index (χ2v) is 4.60. The van der Waals surface area contributed by atoms with Crippen molar-refractivity contribution >= 4 is 29.8 Å². The van der Waals surface area contributed by atoms with Crippen LogP contribution in [0.3, 0.4) is 0 Å². The fraction of sp³-hybridized carbons (Fsp3) is 0.231. The molecule has 0 radical (unpaired) electrons. The minimum absolute atomic E-state index is 0.145. The monoisotopic (exact) mass is 305 g/mol. The number of nitrogens with one attached hydrogen (secondary N) is 2. The van der Waals surface area contributed by atoms with E-state index in [1.165, 1.54) is 11.8 Å². The molecule has 0 aliphatic rings. The molecule has 2 rings (SSSR count). The molecule has 1 aromatic heterocycles. The van der Waals surface area contributed by atoms with E-state index in [1.807, 2.05) is 19.2 Å². The Morgan fingerprint density at radius 2 is 1.90 bits per heavy atom. The summed E-state index contributed by atoms with van der Waals surface area (Å²) in [6.45, 7) is 2.60. The van der Waals surface area contributed by atoms with Crippen molar-refractivity contribution in [3.05, 3.63) is 30.3 Å². The van der Waals surface area contributed by atoms with Crippen molar-refractivity contribution < 1.29 is 9.53 Å². The lowest BCUT2D eigenvalue weighted by Crippen LogP contribution is -2.19. The summed E-state index contributed by atoms with van der Waals surface area (Å²) in [6.07, 6.45) is 1.19. The largest absolute Gasteiger partial charge is 0.419 e. The fourth-order valence-electron chi connectivity index (χ4n) is 1.45. The van der Waals surface area contributed by atoms with Crippen molar-refractivity contribution in [3.8, 4) is 5.75 Å². The van der Waals surface area contributed by atoms with Crippen molar-refractivity contribution in [1.82, 2.24) is 15.0 Å². The van der Waals surface area contributed by atoms with Crippen molar-refractivity contribution in [2.45, 2.75) is 12.1 Å². The van der Waals surface area contributed by atoms with Gasteiger partial charge in [-0.05, 0) is 25.3 Å². The van der Waals surface area contributed by atoms with E-state index in [2.05, 4.69) is 25.6 Å². The number of hydrogen-bond acceptors (Lipinski definition) is 7. The molecule has 2 N–H and O–H groups in total. The third-order valence-electron chi connectivity index (χ3n) is 2.30. The van der Waals surface area contributed by atoms with Crippen LogP contribution >= 0.6 is 11.8 Å². The topological polar surface area (TPSA) is 89.0 Å². The molecule has 0 saturated heterocycles. The maximum atomic E-state index is 11.8. The Hall–Kier alpha value is -2.35. The standard InChI is InChI=1S/C13H15N5O2S/c1-3-14-10-15-11(17-12(16-10)21-2)18-13(19)20-9-7-5-4-6-8-9/h4-8H,3H2,1-2H3,(H2,14,15,16,17,18,19). The van der Waals surface area contributed by atoms with E-state index in [1.54, 1.807) is 24.3 Å². The molecule has 0 aliphatic heterocycles. The molecule has 7 nitrogen and oxygen atoms in total. The summed E-state index contributed by atoms with van der Waals surface area (Å²) >= 11 is 1.36. The van der Waals surface area contributed by atoms with Crippen LogP contribution in [0.1, 0.15) is 6.92 Å². The van der Waals surface area contributed by atoms with Crippen molar-refractivity contribution in [3.63, 3.8) is 0 Å². The molecule has 0 atom stereocenters. The summed E-state index contributed by atoms with van der Waals surface area (Å²) in [7, 11) is 0. The molecule has 0 saturated carbocycles. The zero-order chi connectivity index (χ0) is 15.1. The van der Waals surface area contributed by atoms with Crippen LogP contribution in [0, 0.1) is 0 Å². The molecule has 0 spiro atoms. The maximum absolute atomic E-state index is 11.8. The second kappa shape index (κ2) is 7.44. The number of carbonyl (C=O) groups excluding carboxylic acids is 1. The van der Waals surface area contributed by atoms with Gasteiger partial charge in [0.05, 0.1) is 0 Å². The SMILES string of the molecule is CCNc1nc(NC(=O)Oc2ccccc2)nc(SC)n1. The highest BCUT2D eigenvalue weighted by molar-refractivity contribution is 7.98. The quantitative estimate of drug-likeness (QED) is 0.821. The van der Waals surface area contributed by atoms with Gasteiger partial charge in [-0.1, -0.05) is 30.0 Å². The second-order valence-electron chi connectivity index (χ2n) is 3.83. The van der Waals surface area contributed by atoms with Crippen LogP contribution in [0.25, 0.3) is 0 Å². The molecule has 110 valence electrons. The van der Waals surface area contributed by atoms with Gasteiger partial charge in [-0.3, -0.25) is 5.32 Å². The van der Waals surface area contributed by atoms with E-state index in [-0.39, 0.29) is 5.95 Å². The number of carbonyl (C=O) groups is 1. The molecule has 0 unspecified atom stereocenters. The van der Waals surface area contributed by atoms with Gasteiger partial charge < -0.3 is 10.1 Å². The Morgan fingerprint density at radius 1 is 1.19 bits per heavy atom. The van der Waals surface area contributed by atoms with Crippen LogP contribution in [0.4, 0.5) is 16.7 Å². The third-order valence-corrected chi connectivity index (χ3v) is 2.85. The van der Waals surface area contributed by atoms with Crippen molar-refractivity contribution in [2.24, 2.45) is 0 Å². The summed E-state index contributed by atoms with van der Waals surface area (Å²) in [4.78, 5) is 24.2. The normalized spacial score (nSPS) is 10.0. The average molecular weight is 305 g/mol. The minimum Gasteiger partial charge on any atom is -0.410 e. The van der Waals surface area contributed by atoms with E-state index < -0.39 is 6.09 Å². The molecule has 0 bridgehead atoms. The highest BCUT2D eigenvalue weighted by Gasteiger charge is 2.10. The predicted octanol–water partition coefficient (Wildman–Crippen LogP) is 2.64. The van der Waals surface area contributed by atoms with Crippen LogP contribution in [0.2, 0.25) is 0 Å². The summed E-state index contributed by atoms with van der Waals surface area (Å²) in [5, 5.41) is 5.98. The highest BCUT2D eigenvalue weighted by atomic mass is 32.2. The number of benzene rings is 1. The van der Waals surface area contributed by atoms with Crippen LogP contribution < -0.4 is 15.4 Å². The first-order valence-electron chi connectivity index (χ1n) is 6.29. The van der Waals surface area contributed by atoms with Crippen LogP contribution in [-0.2, 0) is 0 Å². The molecular formula is C13H15N5O2S. The lowest BCUT2D eigenvalue weighted by atomic mass is 10.3. The number of amides is 1. The molecule has 21 heavy (non-hydrogen) atoms. The fourth-order valence-corrected chi connectivity index (χ4v) is 1.81. The maximum Gasteiger partial charge on any atom is 0.419 e. The molecule has 2 aromatic rings. The first kappa shape index (κ1) is 15.0. The van der Waals surface area contributed by atoms with Crippen LogP contribution in [-0.4, -0.2) is 33.8 Å². The third kappa shape index (κ3) is 4.60. The zero-order valence-corrected chi connectivity index (χ0v) is 12.5. The zero-order valence-electron chi connectivity index (χ0n) is 11.7. The summed E-state index contributed by atoms with van der Waals surface area (Å²) < 4.78 is 5.11. The van der Waals surface area contributed by atoms with Gasteiger partial charge in [-0.25, -0.2) is 4.79 Å². The van der Waals surface area contributed by atoms with Crippen molar-refractivity contribution in [2.75, 3.05) is 23.4 Å². The number of aromatic nitrogens is 3. The van der Waals surface area contributed by atoms with E-state index >= 15 is 0 Å². The summed E-state index contributed by atoms with van der Waals surface area (Å²) in [5.41, 5.74) is 0. The summed E-state index contributed by atoms with van der Waals surface area (Å²) in [5.74, 6) is 0.999. The minimum atomic E-state index is -0.651. The Labute approximate surface area is 126 Å². The van der Waals surface area contributed by atoms with Gasteiger partial charge in [-0.2, -0.15) is 15.0 Å². The van der Waals surface area contributed by atoms with Gasteiger partial charge in [0.15, 0.2) is 5.16 Å². The van der Waals surface area contributed by atoms with Gasteiger partial charge >= 0.3 is 6.09 Å². The van der Waals surface area contributed by atoms with Gasteiger partial charge in [0, 0.05) is 6.54 Å². The summed E-state index contributed by atoms with van der Waals surface area (Å²) in [6, 6.07) is 8.76. The first-order chi connectivity index (χ1) is 10.2. The number of thioether (sulfide) groups is 1. The van der Waals surface area contributed by atoms with Gasteiger partial charge in [-0.15, -0.1) is 0 Å². The van der Waals surface area contributed by atoms with E-state index in [4.69, 9.17) is 4.74 Å². The highest BCUT2D eigenvalue weighted by Crippen LogP contribution is 2.14. The Balaban J connectivity index is 2.07.